The van der Waals surface area contributed by atoms with Gasteiger partial charge in [0.2, 0.25) is 0 Å². The van der Waals surface area contributed by atoms with Gasteiger partial charge in [0.15, 0.2) is 0 Å². The van der Waals surface area contributed by atoms with Crippen molar-refractivity contribution >= 4 is 40.4 Å². The lowest BCUT2D eigenvalue weighted by Crippen LogP contribution is -2.36. The van der Waals surface area contributed by atoms with Crippen LogP contribution < -0.4 is 10.2 Å². The number of rotatable bonds is 6. The molecule has 0 atom stereocenters. The number of nitrogens with one attached hydrogen (secondary N) is 1. The second kappa shape index (κ2) is 9.43. The highest BCUT2D eigenvalue weighted by molar-refractivity contribution is 7.98. The van der Waals surface area contributed by atoms with Gasteiger partial charge in [0.25, 0.3) is 5.91 Å². The van der Waals surface area contributed by atoms with E-state index in [-0.39, 0.29) is 5.91 Å². The van der Waals surface area contributed by atoms with Crippen molar-refractivity contribution in [3.63, 3.8) is 0 Å². The Bertz CT molecular complexity index is 966. The highest BCUT2D eigenvalue weighted by atomic mass is 32.2. The lowest BCUT2D eigenvalue weighted by molar-refractivity contribution is 0.102. The molecule has 0 bridgehead atoms. The molecule has 0 aliphatic carbocycles. The summed E-state index contributed by atoms with van der Waals surface area (Å²) in [5.74, 6) is 0.657. The van der Waals surface area contributed by atoms with E-state index in [9.17, 15) is 4.79 Å². The maximum atomic E-state index is 12.9. The molecule has 4 rings (SSSR count). The summed E-state index contributed by atoms with van der Waals surface area (Å²) in [6.07, 6.45) is 0. The summed E-state index contributed by atoms with van der Waals surface area (Å²) >= 11 is 3.29. The molecule has 29 heavy (non-hydrogen) atoms. The van der Waals surface area contributed by atoms with Crippen LogP contribution in [0.1, 0.15) is 21.1 Å². The predicted octanol–water partition coefficient (Wildman–Crippen LogP) is 4.83. The van der Waals surface area contributed by atoms with Gasteiger partial charge in [-0.05, 0) is 43.3 Å². The first-order valence-electron chi connectivity index (χ1n) is 9.56. The van der Waals surface area contributed by atoms with Crippen molar-refractivity contribution in [3.8, 4) is 0 Å². The smallest absolute Gasteiger partial charge is 0.256 e. The number of anilines is 2. The fraction of sp³-hybridized carbons (Fsp3) is 0.273. The number of carbonyl (C=O) groups excluding carboxylic acids is 1. The van der Waals surface area contributed by atoms with Crippen LogP contribution in [0.25, 0.3) is 0 Å². The Balaban J connectivity index is 1.41. The number of thiazole rings is 1. The summed E-state index contributed by atoms with van der Waals surface area (Å²) in [5, 5.41) is 6.15. The van der Waals surface area contributed by atoms with Gasteiger partial charge >= 0.3 is 0 Å². The minimum atomic E-state index is -0.0957. The summed E-state index contributed by atoms with van der Waals surface area (Å²) in [5.41, 5.74) is 3.68. The minimum Gasteiger partial charge on any atom is -0.378 e. The fourth-order valence-electron chi connectivity index (χ4n) is 3.18. The van der Waals surface area contributed by atoms with Gasteiger partial charge in [0.05, 0.1) is 29.5 Å². The maximum Gasteiger partial charge on any atom is 0.256 e. The molecule has 3 aromatic rings. The molecule has 2 aromatic carbocycles. The van der Waals surface area contributed by atoms with Gasteiger partial charge in [-0.2, -0.15) is 0 Å². The van der Waals surface area contributed by atoms with Crippen LogP contribution >= 0.6 is 23.1 Å². The summed E-state index contributed by atoms with van der Waals surface area (Å²) in [4.78, 5) is 20.6. The van der Waals surface area contributed by atoms with E-state index in [4.69, 9.17) is 4.74 Å². The van der Waals surface area contributed by atoms with E-state index in [0.29, 0.717) is 5.56 Å². The van der Waals surface area contributed by atoms with Crippen LogP contribution in [0.4, 0.5) is 11.4 Å². The second-order valence-electron chi connectivity index (χ2n) is 6.74. The first kappa shape index (κ1) is 19.9. The topological polar surface area (TPSA) is 54.5 Å². The number of hydrogen-bond acceptors (Lipinski definition) is 6. The predicted molar refractivity (Wildman–Crippen MR) is 120 cm³/mol. The van der Waals surface area contributed by atoms with Crippen molar-refractivity contribution in [1.29, 1.82) is 0 Å². The van der Waals surface area contributed by atoms with Crippen molar-refractivity contribution in [2.24, 2.45) is 0 Å². The second-order valence-corrected chi connectivity index (χ2v) is 8.82. The van der Waals surface area contributed by atoms with Crippen LogP contribution in [0.3, 0.4) is 0 Å². The molecule has 1 fully saturated rings. The molecule has 1 aliphatic rings. The van der Waals surface area contributed by atoms with Gasteiger partial charge < -0.3 is 15.0 Å². The highest BCUT2D eigenvalue weighted by Gasteiger charge is 2.14. The molecular weight excluding hydrogens is 402 g/mol. The van der Waals surface area contributed by atoms with Crippen LogP contribution in [0.5, 0.6) is 0 Å². The first-order valence-corrected chi connectivity index (χ1v) is 11.4. The summed E-state index contributed by atoms with van der Waals surface area (Å²) in [6, 6.07) is 15.7. The Labute approximate surface area is 179 Å². The van der Waals surface area contributed by atoms with Crippen molar-refractivity contribution < 1.29 is 9.53 Å². The number of aryl methyl sites for hydroxylation is 1. The molecule has 1 aliphatic heterocycles. The largest absolute Gasteiger partial charge is 0.378 e. The monoisotopic (exact) mass is 425 g/mol. The van der Waals surface area contributed by atoms with Gasteiger partial charge in [-0.15, -0.1) is 23.1 Å². The Morgan fingerprint density at radius 3 is 2.66 bits per heavy atom. The SMILES string of the molecule is Cc1nc(CSc2ccccc2C(=O)Nc2ccc(N3CCOCC3)cc2)cs1. The van der Waals surface area contributed by atoms with Crippen LogP contribution in [-0.2, 0) is 10.5 Å². The number of benzene rings is 2. The van der Waals surface area contributed by atoms with Gasteiger partial charge in [-0.25, -0.2) is 4.98 Å². The van der Waals surface area contributed by atoms with E-state index in [1.54, 1.807) is 23.1 Å². The minimum absolute atomic E-state index is 0.0957. The molecule has 5 nitrogen and oxygen atoms in total. The molecular formula is C22H23N3O2S2. The van der Waals surface area contributed by atoms with E-state index in [0.717, 1.165) is 59.0 Å². The Hall–Kier alpha value is -2.35. The van der Waals surface area contributed by atoms with E-state index < -0.39 is 0 Å². The molecule has 150 valence electrons. The molecule has 0 radical (unpaired) electrons. The molecule has 1 N–H and O–H groups in total. The Kier molecular flexibility index (Phi) is 6.49. The van der Waals surface area contributed by atoms with Crippen molar-refractivity contribution in [3.05, 3.63) is 70.2 Å². The lowest BCUT2D eigenvalue weighted by atomic mass is 10.2. The van der Waals surface area contributed by atoms with E-state index >= 15 is 0 Å². The number of morpholine rings is 1. The number of thioether (sulfide) groups is 1. The van der Waals surface area contributed by atoms with Crippen LogP contribution in [0, 0.1) is 6.92 Å². The molecule has 2 heterocycles. The molecule has 0 saturated carbocycles. The molecule has 1 saturated heterocycles. The van der Waals surface area contributed by atoms with Crippen LogP contribution in [-0.4, -0.2) is 37.2 Å². The molecule has 0 unspecified atom stereocenters. The van der Waals surface area contributed by atoms with Crippen molar-refractivity contribution in [1.82, 2.24) is 4.98 Å². The van der Waals surface area contributed by atoms with Crippen LogP contribution in [0.2, 0.25) is 0 Å². The van der Waals surface area contributed by atoms with E-state index in [1.165, 1.54) is 0 Å². The molecule has 1 aromatic heterocycles. The highest BCUT2D eigenvalue weighted by Crippen LogP contribution is 2.28. The standard InChI is InChI=1S/C22H23N3O2S2/c1-16-23-18(14-28-16)15-29-21-5-3-2-4-20(21)22(26)24-17-6-8-19(9-7-17)25-10-12-27-13-11-25/h2-9,14H,10-13,15H2,1H3,(H,24,26). The Morgan fingerprint density at radius 1 is 1.17 bits per heavy atom. The first-order chi connectivity index (χ1) is 14.2. The van der Waals surface area contributed by atoms with Crippen molar-refractivity contribution in [2.75, 3.05) is 36.5 Å². The van der Waals surface area contributed by atoms with Gasteiger partial charge in [0, 0.05) is 40.5 Å². The number of amides is 1. The molecule has 0 spiro atoms. The van der Waals surface area contributed by atoms with Gasteiger partial charge in [0.1, 0.15) is 0 Å². The number of carbonyl (C=O) groups is 1. The summed E-state index contributed by atoms with van der Waals surface area (Å²) in [7, 11) is 0. The average Bonchev–Trinajstić information content (AvgIpc) is 3.19. The van der Waals surface area contributed by atoms with Gasteiger partial charge in [-0.3, -0.25) is 4.79 Å². The number of nitrogens with zero attached hydrogens (tertiary/aromatic N) is 2. The normalized spacial score (nSPS) is 14.0. The maximum absolute atomic E-state index is 12.9. The molecule has 1 amide bonds. The third-order valence-corrected chi connectivity index (χ3v) is 6.60. The summed E-state index contributed by atoms with van der Waals surface area (Å²) in [6.45, 7) is 5.31. The van der Waals surface area contributed by atoms with Gasteiger partial charge in [-0.1, -0.05) is 12.1 Å². The third kappa shape index (κ3) is 5.18. The Morgan fingerprint density at radius 2 is 1.93 bits per heavy atom. The van der Waals surface area contributed by atoms with Crippen molar-refractivity contribution in [2.45, 2.75) is 17.6 Å². The molecule has 7 heteroatoms. The third-order valence-electron chi connectivity index (χ3n) is 4.68. The van der Waals surface area contributed by atoms with Crippen LogP contribution in [0.15, 0.2) is 58.8 Å². The number of ether oxygens (including phenoxy) is 1. The quantitative estimate of drug-likeness (QED) is 0.573. The number of aromatic nitrogens is 1. The average molecular weight is 426 g/mol. The zero-order valence-electron chi connectivity index (χ0n) is 16.3. The fourth-order valence-corrected chi connectivity index (χ4v) is 4.84. The zero-order chi connectivity index (χ0) is 20.1. The van der Waals surface area contributed by atoms with E-state index in [1.807, 2.05) is 55.5 Å². The summed E-state index contributed by atoms with van der Waals surface area (Å²) < 4.78 is 5.40. The zero-order valence-corrected chi connectivity index (χ0v) is 17.9. The number of hydrogen-bond donors (Lipinski definition) is 1. The van der Waals surface area contributed by atoms with E-state index in [2.05, 4.69) is 20.6 Å². The lowest BCUT2D eigenvalue weighted by Gasteiger charge is -2.28.